The van der Waals surface area contributed by atoms with Crippen LogP contribution in [0.1, 0.15) is 65.2 Å². The monoisotopic (exact) mass is 316 g/mol. The molecule has 128 valence electrons. The fraction of sp³-hybridized carbons (Fsp3) is 0.714. The number of aliphatic hydroxyl groups is 2. The molecule has 0 aromatic heterocycles. The number of allylic oxidation sites excluding steroid dienone is 4. The van der Waals surface area contributed by atoms with E-state index in [1.54, 1.807) is 5.57 Å². The molecule has 0 bridgehead atoms. The van der Waals surface area contributed by atoms with Crippen LogP contribution >= 0.6 is 0 Å². The van der Waals surface area contributed by atoms with E-state index in [9.17, 15) is 10.2 Å². The van der Waals surface area contributed by atoms with Gasteiger partial charge in [-0.25, -0.2) is 0 Å². The van der Waals surface area contributed by atoms with Crippen LogP contribution in [0.3, 0.4) is 0 Å². The molecule has 3 fully saturated rings. The zero-order chi connectivity index (χ0) is 16.6. The van der Waals surface area contributed by atoms with E-state index in [0.29, 0.717) is 11.8 Å². The van der Waals surface area contributed by atoms with Gasteiger partial charge in [0, 0.05) is 0 Å². The molecule has 2 nitrogen and oxygen atoms in total. The Balaban J connectivity index is 1.81. The molecule has 3 aliphatic carbocycles. The quantitative estimate of drug-likeness (QED) is 0.785. The molecule has 3 rings (SSSR count). The molecular weight excluding hydrogens is 284 g/mol. The fourth-order valence-corrected chi connectivity index (χ4v) is 5.47. The van der Waals surface area contributed by atoms with Gasteiger partial charge in [-0.15, -0.1) is 0 Å². The molecule has 0 radical (unpaired) electrons. The van der Waals surface area contributed by atoms with Crippen LogP contribution in [0.15, 0.2) is 35.5 Å². The first kappa shape index (κ1) is 17.0. The maximum absolute atomic E-state index is 10.2. The van der Waals surface area contributed by atoms with Crippen molar-refractivity contribution in [2.45, 2.75) is 77.4 Å². The van der Waals surface area contributed by atoms with Crippen molar-refractivity contribution in [3.05, 3.63) is 35.5 Å². The minimum absolute atomic E-state index is 0.198. The van der Waals surface area contributed by atoms with Crippen LogP contribution in [0.25, 0.3) is 0 Å². The minimum Gasteiger partial charge on any atom is -0.393 e. The number of rotatable bonds is 2. The lowest BCUT2D eigenvalue weighted by Crippen LogP contribution is -2.37. The van der Waals surface area contributed by atoms with Gasteiger partial charge in [-0.05, 0) is 81.1 Å². The van der Waals surface area contributed by atoms with Gasteiger partial charge in [0.25, 0.3) is 0 Å². The summed E-state index contributed by atoms with van der Waals surface area (Å²) in [6.45, 7) is 8.53. The highest BCUT2D eigenvalue weighted by molar-refractivity contribution is 5.36. The Bertz CT molecular complexity index is 528. The van der Waals surface area contributed by atoms with Gasteiger partial charge >= 0.3 is 0 Å². The van der Waals surface area contributed by atoms with E-state index in [1.807, 2.05) is 6.92 Å². The molecule has 23 heavy (non-hydrogen) atoms. The van der Waals surface area contributed by atoms with E-state index in [4.69, 9.17) is 0 Å². The van der Waals surface area contributed by atoms with Crippen molar-refractivity contribution in [2.75, 3.05) is 0 Å². The smallest absolute Gasteiger partial charge is 0.0583 e. The van der Waals surface area contributed by atoms with E-state index >= 15 is 0 Å². The normalized spacial score (nSPS) is 43.0. The molecule has 3 aliphatic rings. The summed E-state index contributed by atoms with van der Waals surface area (Å²) < 4.78 is 0. The van der Waals surface area contributed by atoms with Crippen LogP contribution in [-0.2, 0) is 0 Å². The molecule has 0 aromatic rings. The first-order chi connectivity index (χ1) is 10.9. The SMILES string of the molecule is C=C1CC[C@@H](O)CC1=CC=C1CCC[C@]2(C)[C@@H](C(C)O)CC[C@@H]12. The molecule has 0 heterocycles. The molecule has 0 aromatic carbocycles. The van der Waals surface area contributed by atoms with Crippen LogP contribution < -0.4 is 0 Å². The van der Waals surface area contributed by atoms with Crippen LogP contribution in [-0.4, -0.2) is 22.4 Å². The minimum atomic E-state index is -0.201. The molecule has 0 amide bonds. The van der Waals surface area contributed by atoms with Gasteiger partial charge in [-0.3, -0.25) is 0 Å². The highest BCUT2D eigenvalue weighted by atomic mass is 16.3. The van der Waals surface area contributed by atoms with Crippen LogP contribution in [0.5, 0.6) is 0 Å². The molecular formula is C21H32O2. The Morgan fingerprint density at radius 2 is 2.00 bits per heavy atom. The van der Waals surface area contributed by atoms with Gasteiger partial charge < -0.3 is 10.2 Å². The van der Waals surface area contributed by atoms with Crippen LogP contribution in [0, 0.1) is 17.3 Å². The highest BCUT2D eigenvalue weighted by Gasteiger charge is 2.50. The fourth-order valence-electron chi connectivity index (χ4n) is 5.47. The third kappa shape index (κ3) is 3.21. The number of hydrogen-bond donors (Lipinski definition) is 2. The summed E-state index contributed by atoms with van der Waals surface area (Å²) in [5, 5.41) is 20.1. The first-order valence-electron chi connectivity index (χ1n) is 9.35. The summed E-state index contributed by atoms with van der Waals surface area (Å²) in [6, 6.07) is 0. The molecule has 1 unspecified atom stereocenters. The zero-order valence-electron chi connectivity index (χ0n) is 14.7. The molecule has 3 saturated carbocycles. The predicted octanol–water partition coefficient (Wildman–Crippen LogP) is 4.54. The van der Waals surface area contributed by atoms with Gasteiger partial charge in [0.05, 0.1) is 12.2 Å². The molecule has 0 aliphatic heterocycles. The van der Waals surface area contributed by atoms with Crippen molar-refractivity contribution in [1.29, 1.82) is 0 Å². The average Bonchev–Trinajstić information content (AvgIpc) is 2.86. The van der Waals surface area contributed by atoms with Crippen molar-refractivity contribution < 1.29 is 10.2 Å². The standard InChI is InChI=1S/C21H32O2/c1-14-6-9-18(23)13-17(14)8-7-16-5-4-12-21(3)19(15(2)22)10-11-20(16)21/h7-8,15,18-20,22-23H,1,4-6,9-13H2,2-3H3/t15?,18-,19-,20+,21-/m1/s1. The van der Waals surface area contributed by atoms with Crippen molar-refractivity contribution in [2.24, 2.45) is 17.3 Å². The molecule has 2 N–H and O–H groups in total. The second-order valence-electron chi connectivity index (χ2n) is 8.27. The van der Waals surface area contributed by atoms with Gasteiger partial charge in [-0.1, -0.05) is 36.8 Å². The van der Waals surface area contributed by atoms with E-state index in [-0.39, 0.29) is 17.6 Å². The van der Waals surface area contributed by atoms with Crippen LogP contribution in [0.4, 0.5) is 0 Å². The second-order valence-corrected chi connectivity index (χ2v) is 8.27. The zero-order valence-corrected chi connectivity index (χ0v) is 14.7. The molecule has 0 spiro atoms. The van der Waals surface area contributed by atoms with E-state index in [1.165, 1.54) is 36.8 Å². The van der Waals surface area contributed by atoms with Crippen molar-refractivity contribution in [3.8, 4) is 0 Å². The lowest BCUT2D eigenvalue weighted by molar-refractivity contribution is 0.0302. The van der Waals surface area contributed by atoms with Gasteiger partial charge in [0.1, 0.15) is 0 Å². The Kier molecular flexibility index (Phi) is 4.85. The first-order valence-corrected chi connectivity index (χ1v) is 9.35. The maximum atomic E-state index is 10.2. The summed E-state index contributed by atoms with van der Waals surface area (Å²) in [5.41, 5.74) is 4.25. The van der Waals surface area contributed by atoms with E-state index in [2.05, 4.69) is 25.7 Å². The third-order valence-corrected chi connectivity index (χ3v) is 6.81. The van der Waals surface area contributed by atoms with Crippen molar-refractivity contribution in [3.63, 3.8) is 0 Å². The Hall–Kier alpha value is -0.860. The Morgan fingerprint density at radius 1 is 1.22 bits per heavy atom. The molecule has 5 atom stereocenters. The topological polar surface area (TPSA) is 40.5 Å². The second kappa shape index (κ2) is 6.57. The van der Waals surface area contributed by atoms with Gasteiger partial charge in [-0.2, -0.15) is 0 Å². The largest absolute Gasteiger partial charge is 0.393 e. The molecule has 2 heteroatoms. The lowest BCUT2D eigenvalue weighted by Gasteiger charge is -2.43. The Morgan fingerprint density at radius 3 is 2.74 bits per heavy atom. The summed E-state index contributed by atoms with van der Waals surface area (Å²) in [4.78, 5) is 0. The number of hydrogen-bond acceptors (Lipinski definition) is 2. The third-order valence-electron chi connectivity index (χ3n) is 6.81. The number of aliphatic hydroxyl groups excluding tert-OH is 2. The summed E-state index contributed by atoms with van der Waals surface area (Å²) in [5.74, 6) is 1.06. The Labute approximate surface area is 141 Å². The van der Waals surface area contributed by atoms with Crippen molar-refractivity contribution in [1.82, 2.24) is 0 Å². The highest BCUT2D eigenvalue weighted by Crippen LogP contribution is 2.58. The summed E-state index contributed by atoms with van der Waals surface area (Å²) in [6.07, 6.45) is 12.7. The predicted molar refractivity (Wildman–Crippen MR) is 95.0 cm³/mol. The number of fused-ring (bicyclic) bond motifs is 1. The lowest BCUT2D eigenvalue weighted by atomic mass is 9.62. The maximum Gasteiger partial charge on any atom is 0.0583 e. The van der Waals surface area contributed by atoms with Crippen molar-refractivity contribution >= 4 is 0 Å². The van der Waals surface area contributed by atoms with Crippen LogP contribution in [0.2, 0.25) is 0 Å². The summed E-state index contributed by atoms with van der Waals surface area (Å²) in [7, 11) is 0. The van der Waals surface area contributed by atoms with E-state index in [0.717, 1.165) is 25.7 Å². The average molecular weight is 316 g/mol. The molecule has 0 saturated heterocycles. The van der Waals surface area contributed by atoms with E-state index < -0.39 is 0 Å². The van der Waals surface area contributed by atoms with Gasteiger partial charge in [0.2, 0.25) is 0 Å². The van der Waals surface area contributed by atoms with Gasteiger partial charge in [0.15, 0.2) is 0 Å². The summed E-state index contributed by atoms with van der Waals surface area (Å²) >= 11 is 0.